The zero-order chi connectivity index (χ0) is 23.5. The lowest BCUT2D eigenvalue weighted by molar-refractivity contribution is 0.355. The normalized spacial score (nSPS) is 15.8. The van der Waals surface area contributed by atoms with E-state index in [2.05, 4.69) is 76.2 Å². The van der Waals surface area contributed by atoms with Crippen molar-refractivity contribution < 1.29 is 0 Å². The van der Waals surface area contributed by atoms with Crippen molar-refractivity contribution in [2.24, 2.45) is 11.8 Å². The molecule has 1 aliphatic rings. The monoisotopic (exact) mass is 446 g/mol. The molecule has 0 N–H and O–H groups in total. The van der Waals surface area contributed by atoms with Crippen LogP contribution in [-0.4, -0.2) is 0 Å². The van der Waals surface area contributed by atoms with Gasteiger partial charge in [-0.3, -0.25) is 0 Å². The Kier molecular flexibility index (Phi) is 10.5. The summed E-state index contributed by atoms with van der Waals surface area (Å²) in [6.45, 7) is 9.59. The zero-order valence-corrected chi connectivity index (χ0v) is 22.2. The molecule has 0 spiro atoms. The Balaban J connectivity index is 1.73. The Morgan fingerprint density at radius 3 is 1.36 bits per heavy atom. The number of benzene rings is 2. The van der Waals surface area contributed by atoms with Gasteiger partial charge in [0.25, 0.3) is 0 Å². The Hall–Kier alpha value is -1.56. The van der Waals surface area contributed by atoms with Gasteiger partial charge < -0.3 is 0 Å². The molecule has 2 atom stereocenters. The first kappa shape index (κ1) is 26.1. The fourth-order valence-electron chi connectivity index (χ4n) is 6.36. The molecule has 0 heteroatoms. The molecular formula is C33H50. The number of rotatable bonds is 16. The molecule has 0 heterocycles. The second kappa shape index (κ2) is 13.4. The van der Waals surface area contributed by atoms with Crippen LogP contribution in [0.2, 0.25) is 0 Å². The predicted octanol–water partition coefficient (Wildman–Crippen LogP) is 10.7. The van der Waals surface area contributed by atoms with E-state index in [0.717, 1.165) is 11.8 Å². The molecule has 0 saturated carbocycles. The van der Waals surface area contributed by atoms with Crippen molar-refractivity contribution in [3.05, 3.63) is 59.7 Å². The number of fused-ring (bicyclic) bond motifs is 3. The molecule has 2 aromatic rings. The van der Waals surface area contributed by atoms with E-state index in [1.807, 2.05) is 0 Å². The van der Waals surface area contributed by atoms with Crippen molar-refractivity contribution >= 4 is 0 Å². The van der Waals surface area contributed by atoms with E-state index >= 15 is 0 Å². The van der Waals surface area contributed by atoms with Crippen LogP contribution in [-0.2, 0) is 5.41 Å². The molecular weight excluding hydrogens is 396 g/mol. The highest BCUT2D eigenvalue weighted by Crippen LogP contribution is 2.54. The van der Waals surface area contributed by atoms with Gasteiger partial charge in [-0.25, -0.2) is 0 Å². The zero-order valence-electron chi connectivity index (χ0n) is 22.2. The first-order valence-electron chi connectivity index (χ1n) is 14.3. The minimum atomic E-state index is 0.222. The standard InChI is InChI=1S/C33H50/c1-5-7-9-17-27(3)19-15-25-33(26-16-20-28(4)18-10-8-6-2)31-23-13-11-21-29(31)30-22-12-14-24-32(30)33/h11-14,21-24,27-28H,5-10,15-20,25-26H2,1-4H3. The highest BCUT2D eigenvalue weighted by Gasteiger charge is 2.41. The van der Waals surface area contributed by atoms with Crippen molar-refractivity contribution in [3.63, 3.8) is 0 Å². The van der Waals surface area contributed by atoms with E-state index in [0.29, 0.717) is 0 Å². The lowest BCUT2D eigenvalue weighted by Crippen LogP contribution is -2.26. The van der Waals surface area contributed by atoms with Gasteiger partial charge in [0.15, 0.2) is 0 Å². The fourth-order valence-corrected chi connectivity index (χ4v) is 6.36. The third-order valence-corrected chi connectivity index (χ3v) is 8.38. The molecule has 0 aromatic heterocycles. The second-order valence-corrected chi connectivity index (χ2v) is 11.2. The Bertz CT molecular complexity index is 747. The summed E-state index contributed by atoms with van der Waals surface area (Å²) in [4.78, 5) is 0. The molecule has 0 aliphatic heterocycles. The predicted molar refractivity (Wildman–Crippen MR) is 147 cm³/mol. The minimum Gasteiger partial charge on any atom is -0.0654 e. The molecule has 0 nitrogen and oxygen atoms in total. The summed E-state index contributed by atoms with van der Waals surface area (Å²) in [6.07, 6.45) is 19.2. The second-order valence-electron chi connectivity index (χ2n) is 11.2. The fraction of sp³-hybridized carbons (Fsp3) is 0.636. The summed E-state index contributed by atoms with van der Waals surface area (Å²) in [7, 11) is 0. The van der Waals surface area contributed by atoms with Gasteiger partial charge in [-0.1, -0.05) is 153 Å². The maximum Gasteiger partial charge on any atom is 0.0215 e. The quantitative estimate of drug-likeness (QED) is 0.225. The molecule has 2 unspecified atom stereocenters. The maximum atomic E-state index is 2.48. The summed E-state index contributed by atoms with van der Waals surface area (Å²) < 4.78 is 0. The van der Waals surface area contributed by atoms with E-state index in [1.165, 1.54) is 101 Å². The molecule has 0 radical (unpaired) electrons. The van der Waals surface area contributed by atoms with Gasteiger partial charge in [-0.05, 0) is 46.9 Å². The number of hydrogen-bond acceptors (Lipinski definition) is 0. The van der Waals surface area contributed by atoms with Gasteiger partial charge in [-0.2, -0.15) is 0 Å². The molecule has 182 valence electrons. The lowest BCUT2D eigenvalue weighted by atomic mass is 9.70. The molecule has 3 rings (SSSR count). The highest BCUT2D eigenvalue weighted by molar-refractivity contribution is 5.80. The van der Waals surface area contributed by atoms with E-state index in [9.17, 15) is 0 Å². The first-order chi connectivity index (χ1) is 16.1. The van der Waals surface area contributed by atoms with Crippen LogP contribution in [0.5, 0.6) is 0 Å². The average Bonchev–Trinajstić information content (AvgIpc) is 3.10. The van der Waals surface area contributed by atoms with Crippen LogP contribution in [0.4, 0.5) is 0 Å². The summed E-state index contributed by atoms with van der Waals surface area (Å²) >= 11 is 0. The van der Waals surface area contributed by atoms with Crippen LogP contribution in [0.3, 0.4) is 0 Å². The highest BCUT2D eigenvalue weighted by atomic mass is 14.4. The summed E-state index contributed by atoms with van der Waals surface area (Å²) in [5.74, 6) is 1.72. The van der Waals surface area contributed by atoms with Gasteiger partial charge in [0.1, 0.15) is 0 Å². The van der Waals surface area contributed by atoms with Crippen LogP contribution in [0.15, 0.2) is 48.5 Å². The summed E-state index contributed by atoms with van der Waals surface area (Å²) in [6, 6.07) is 18.7. The van der Waals surface area contributed by atoms with Crippen molar-refractivity contribution in [2.75, 3.05) is 0 Å². The van der Waals surface area contributed by atoms with Gasteiger partial charge in [0, 0.05) is 5.41 Å². The molecule has 0 bridgehead atoms. The van der Waals surface area contributed by atoms with Gasteiger partial charge in [0.05, 0.1) is 0 Å². The number of hydrogen-bond donors (Lipinski definition) is 0. The molecule has 33 heavy (non-hydrogen) atoms. The van der Waals surface area contributed by atoms with E-state index < -0.39 is 0 Å². The van der Waals surface area contributed by atoms with Crippen molar-refractivity contribution in [2.45, 2.75) is 123 Å². The smallest absolute Gasteiger partial charge is 0.0215 e. The molecule has 2 aromatic carbocycles. The Morgan fingerprint density at radius 1 is 0.545 bits per heavy atom. The summed E-state index contributed by atoms with van der Waals surface area (Å²) in [5, 5.41) is 0. The minimum absolute atomic E-state index is 0.222. The van der Waals surface area contributed by atoms with Crippen molar-refractivity contribution in [3.8, 4) is 11.1 Å². The third kappa shape index (κ3) is 6.74. The van der Waals surface area contributed by atoms with Gasteiger partial charge in [-0.15, -0.1) is 0 Å². The van der Waals surface area contributed by atoms with Crippen molar-refractivity contribution in [1.29, 1.82) is 0 Å². The largest absolute Gasteiger partial charge is 0.0654 e. The van der Waals surface area contributed by atoms with E-state index in [1.54, 1.807) is 11.1 Å². The summed E-state index contributed by atoms with van der Waals surface area (Å²) in [5.41, 5.74) is 6.45. The van der Waals surface area contributed by atoms with Crippen molar-refractivity contribution in [1.82, 2.24) is 0 Å². The molecule has 0 fully saturated rings. The first-order valence-corrected chi connectivity index (χ1v) is 14.3. The molecule has 0 saturated heterocycles. The third-order valence-electron chi connectivity index (χ3n) is 8.38. The lowest BCUT2D eigenvalue weighted by Gasteiger charge is -2.33. The number of unbranched alkanes of at least 4 members (excludes halogenated alkanes) is 4. The maximum absolute atomic E-state index is 2.48. The Morgan fingerprint density at radius 2 is 0.939 bits per heavy atom. The van der Waals surface area contributed by atoms with Crippen LogP contribution in [0.25, 0.3) is 11.1 Å². The van der Waals surface area contributed by atoms with Crippen LogP contribution >= 0.6 is 0 Å². The van der Waals surface area contributed by atoms with E-state index in [4.69, 9.17) is 0 Å². The molecule has 0 amide bonds. The van der Waals surface area contributed by atoms with Crippen LogP contribution in [0.1, 0.15) is 129 Å². The molecule has 1 aliphatic carbocycles. The SMILES string of the molecule is CCCCCC(C)CCCC1(CCCC(C)CCCCC)c2ccccc2-c2ccccc21. The van der Waals surface area contributed by atoms with Crippen LogP contribution in [0, 0.1) is 11.8 Å². The van der Waals surface area contributed by atoms with Gasteiger partial charge in [0.2, 0.25) is 0 Å². The van der Waals surface area contributed by atoms with Gasteiger partial charge >= 0.3 is 0 Å². The van der Waals surface area contributed by atoms with E-state index in [-0.39, 0.29) is 5.41 Å². The van der Waals surface area contributed by atoms with Crippen LogP contribution < -0.4 is 0 Å². The average molecular weight is 447 g/mol. The topological polar surface area (TPSA) is 0 Å². The Labute approximate surface area is 205 Å².